The summed E-state index contributed by atoms with van der Waals surface area (Å²) in [5.74, 6) is 0.814. The van der Waals surface area contributed by atoms with Crippen LogP contribution in [0.4, 0.5) is 0 Å². The lowest BCUT2D eigenvalue weighted by atomic mass is 9.99. The van der Waals surface area contributed by atoms with E-state index < -0.39 is 10.0 Å². The summed E-state index contributed by atoms with van der Waals surface area (Å²) < 4.78 is 26.7. The van der Waals surface area contributed by atoms with E-state index in [4.69, 9.17) is 0 Å². The number of sulfonamides is 1. The standard InChI is InChI=1S/C13H26N2O2S/c1-3-14-11(2)13-6-4-5-9-15(13)18(16,17)10-12-7-8-12/h11-14H,3-10H2,1-2H3. The largest absolute Gasteiger partial charge is 0.313 e. The third-order valence-electron chi connectivity index (χ3n) is 4.10. The van der Waals surface area contributed by atoms with Crippen LogP contribution in [0.25, 0.3) is 0 Å². The van der Waals surface area contributed by atoms with Crippen LogP contribution in [0.1, 0.15) is 46.0 Å². The van der Waals surface area contributed by atoms with Crippen LogP contribution in [0.15, 0.2) is 0 Å². The molecule has 1 heterocycles. The molecule has 18 heavy (non-hydrogen) atoms. The Morgan fingerprint density at radius 2 is 2.00 bits per heavy atom. The van der Waals surface area contributed by atoms with E-state index in [0.717, 1.165) is 45.2 Å². The lowest BCUT2D eigenvalue weighted by Crippen LogP contribution is -2.53. The van der Waals surface area contributed by atoms with E-state index in [1.807, 2.05) is 0 Å². The molecular formula is C13H26N2O2S. The summed E-state index contributed by atoms with van der Waals surface area (Å²) in [4.78, 5) is 0. The van der Waals surface area contributed by atoms with Crippen LogP contribution in [0.5, 0.6) is 0 Å². The molecule has 2 fully saturated rings. The van der Waals surface area contributed by atoms with Crippen molar-refractivity contribution in [2.24, 2.45) is 5.92 Å². The van der Waals surface area contributed by atoms with Gasteiger partial charge in [0.15, 0.2) is 0 Å². The predicted octanol–water partition coefficient (Wildman–Crippen LogP) is 1.58. The number of hydrogen-bond donors (Lipinski definition) is 1. The number of hydrogen-bond acceptors (Lipinski definition) is 3. The molecule has 0 aromatic rings. The fourth-order valence-corrected chi connectivity index (χ4v) is 5.14. The van der Waals surface area contributed by atoms with Gasteiger partial charge in [-0.05, 0) is 45.1 Å². The summed E-state index contributed by atoms with van der Waals surface area (Å²) in [5.41, 5.74) is 0. The predicted molar refractivity (Wildman–Crippen MR) is 74.0 cm³/mol. The molecule has 4 nitrogen and oxygen atoms in total. The minimum atomic E-state index is -3.04. The zero-order chi connectivity index (χ0) is 13.2. The van der Waals surface area contributed by atoms with E-state index in [1.54, 1.807) is 4.31 Å². The van der Waals surface area contributed by atoms with Crippen molar-refractivity contribution in [2.75, 3.05) is 18.8 Å². The van der Waals surface area contributed by atoms with Crippen LogP contribution >= 0.6 is 0 Å². The molecule has 0 radical (unpaired) electrons. The smallest absolute Gasteiger partial charge is 0.214 e. The Labute approximate surface area is 111 Å². The third-order valence-corrected chi connectivity index (χ3v) is 6.16. The fraction of sp³-hybridized carbons (Fsp3) is 1.00. The van der Waals surface area contributed by atoms with Gasteiger partial charge in [-0.25, -0.2) is 8.42 Å². The van der Waals surface area contributed by atoms with Crippen molar-refractivity contribution in [3.63, 3.8) is 0 Å². The van der Waals surface area contributed by atoms with Gasteiger partial charge in [-0.3, -0.25) is 0 Å². The second kappa shape index (κ2) is 5.88. The Bertz CT molecular complexity index is 365. The van der Waals surface area contributed by atoms with Gasteiger partial charge in [-0.2, -0.15) is 4.31 Å². The van der Waals surface area contributed by atoms with Gasteiger partial charge < -0.3 is 5.32 Å². The zero-order valence-electron chi connectivity index (χ0n) is 11.6. The van der Waals surface area contributed by atoms with Crippen LogP contribution in [0.3, 0.4) is 0 Å². The van der Waals surface area contributed by atoms with E-state index in [2.05, 4.69) is 19.2 Å². The van der Waals surface area contributed by atoms with Gasteiger partial charge in [-0.1, -0.05) is 13.3 Å². The van der Waals surface area contributed by atoms with Gasteiger partial charge in [0.25, 0.3) is 0 Å². The molecule has 2 unspecified atom stereocenters. The van der Waals surface area contributed by atoms with Crippen molar-refractivity contribution in [1.29, 1.82) is 0 Å². The minimum Gasteiger partial charge on any atom is -0.313 e. The topological polar surface area (TPSA) is 49.4 Å². The van der Waals surface area contributed by atoms with Crippen LogP contribution in [0, 0.1) is 5.92 Å². The van der Waals surface area contributed by atoms with E-state index in [1.165, 1.54) is 0 Å². The van der Waals surface area contributed by atoms with Crippen LogP contribution < -0.4 is 5.32 Å². The van der Waals surface area contributed by atoms with Crippen LogP contribution in [-0.4, -0.2) is 43.6 Å². The third kappa shape index (κ3) is 3.45. The molecule has 0 aromatic carbocycles. The van der Waals surface area contributed by atoms with Crippen LogP contribution in [0.2, 0.25) is 0 Å². The molecule has 0 bridgehead atoms. The Morgan fingerprint density at radius 3 is 2.61 bits per heavy atom. The first-order chi connectivity index (χ1) is 8.54. The van der Waals surface area contributed by atoms with E-state index >= 15 is 0 Å². The van der Waals surface area contributed by atoms with Crippen molar-refractivity contribution in [3.8, 4) is 0 Å². The highest BCUT2D eigenvalue weighted by atomic mass is 32.2. The highest BCUT2D eigenvalue weighted by molar-refractivity contribution is 7.89. The molecule has 1 aliphatic heterocycles. The van der Waals surface area contributed by atoms with E-state index in [-0.39, 0.29) is 12.1 Å². The average molecular weight is 274 g/mol. The molecule has 2 rings (SSSR count). The SMILES string of the molecule is CCNC(C)C1CCCCN1S(=O)(=O)CC1CC1. The monoisotopic (exact) mass is 274 g/mol. The first-order valence-electron chi connectivity index (χ1n) is 7.27. The number of nitrogens with one attached hydrogen (secondary N) is 1. The zero-order valence-corrected chi connectivity index (χ0v) is 12.4. The quantitative estimate of drug-likeness (QED) is 0.800. The van der Waals surface area contributed by atoms with Crippen molar-refractivity contribution >= 4 is 10.0 Å². The van der Waals surface area contributed by atoms with Crippen molar-refractivity contribution in [3.05, 3.63) is 0 Å². The maximum atomic E-state index is 12.5. The van der Waals surface area contributed by atoms with Gasteiger partial charge in [0, 0.05) is 18.6 Å². The Hall–Kier alpha value is -0.130. The molecule has 0 aromatic heterocycles. The summed E-state index contributed by atoms with van der Waals surface area (Å²) in [6.45, 7) is 5.80. The van der Waals surface area contributed by atoms with Gasteiger partial charge >= 0.3 is 0 Å². The highest BCUT2D eigenvalue weighted by Crippen LogP contribution is 2.33. The number of likely N-dealkylation sites (N-methyl/N-ethyl adjacent to an activating group) is 1. The second-order valence-corrected chi connectivity index (χ2v) is 7.71. The van der Waals surface area contributed by atoms with Crippen LogP contribution in [-0.2, 0) is 10.0 Å². The molecular weight excluding hydrogens is 248 g/mol. The molecule has 106 valence electrons. The average Bonchev–Trinajstić information content (AvgIpc) is 3.12. The molecule has 0 amide bonds. The Kier molecular flexibility index (Phi) is 4.67. The lowest BCUT2D eigenvalue weighted by molar-refractivity contribution is 0.209. The minimum absolute atomic E-state index is 0.155. The summed E-state index contributed by atoms with van der Waals surface area (Å²) in [7, 11) is -3.04. The molecule has 2 aliphatic rings. The number of piperidine rings is 1. The molecule has 1 saturated carbocycles. The first-order valence-corrected chi connectivity index (χ1v) is 8.88. The Morgan fingerprint density at radius 1 is 1.28 bits per heavy atom. The van der Waals surface area contributed by atoms with Gasteiger partial charge in [-0.15, -0.1) is 0 Å². The van der Waals surface area contributed by atoms with Crippen molar-refractivity contribution < 1.29 is 8.42 Å². The van der Waals surface area contributed by atoms with Crippen molar-refractivity contribution in [1.82, 2.24) is 9.62 Å². The summed E-state index contributed by atoms with van der Waals surface area (Å²) >= 11 is 0. The molecule has 0 spiro atoms. The molecule has 1 aliphatic carbocycles. The fourth-order valence-electron chi connectivity index (χ4n) is 2.91. The maximum Gasteiger partial charge on any atom is 0.214 e. The van der Waals surface area contributed by atoms with Gasteiger partial charge in [0.2, 0.25) is 10.0 Å². The molecule has 1 N–H and O–H groups in total. The molecule has 1 saturated heterocycles. The first kappa shape index (κ1) is 14.3. The van der Waals surface area contributed by atoms with Crippen molar-refractivity contribution in [2.45, 2.75) is 58.0 Å². The van der Waals surface area contributed by atoms with Gasteiger partial charge in [0.1, 0.15) is 0 Å². The number of nitrogens with zero attached hydrogens (tertiary/aromatic N) is 1. The molecule has 5 heteroatoms. The van der Waals surface area contributed by atoms with Gasteiger partial charge in [0.05, 0.1) is 5.75 Å². The highest BCUT2D eigenvalue weighted by Gasteiger charge is 2.38. The van der Waals surface area contributed by atoms with E-state index in [9.17, 15) is 8.42 Å². The summed E-state index contributed by atoms with van der Waals surface area (Å²) in [6.07, 6.45) is 5.36. The summed E-state index contributed by atoms with van der Waals surface area (Å²) in [5, 5.41) is 3.38. The summed E-state index contributed by atoms with van der Waals surface area (Å²) in [6, 6.07) is 0.409. The number of rotatable bonds is 6. The second-order valence-electron chi connectivity index (χ2n) is 5.74. The Balaban J connectivity index is 2.06. The normalized spacial score (nSPS) is 28.2. The van der Waals surface area contributed by atoms with E-state index in [0.29, 0.717) is 11.7 Å². The molecule has 2 atom stereocenters. The maximum absolute atomic E-state index is 12.5. The lowest BCUT2D eigenvalue weighted by Gasteiger charge is -2.38.